The summed E-state index contributed by atoms with van der Waals surface area (Å²) in [6.45, 7) is 0. The molecule has 0 aliphatic carbocycles. The zero-order valence-corrected chi connectivity index (χ0v) is 7.54. The third-order valence-electron chi connectivity index (χ3n) is 1.15. The molecule has 1 rings (SSSR count). The highest BCUT2D eigenvalue weighted by atomic mass is 32.2. The number of rotatable bonds is 3. The van der Waals surface area contributed by atoms with Crippen molar-refractivity contribution in [1.29, 1.82) is 0 Å². The Morgan fingerprint density at radius 2 is 2.64 bits per heavy atom. The fourth-order valence-electron chi connectivity index (χ4n) is 0.674. The third-order valence-corrected chi connectivity index (χ3v) is 2.71. The molecule has 0 spiro atoms. The molecule has 0 bridgehead atoms. The number of carboxylic acids is 1. The number of thioether (sulfide) groups is 1. The first kappa shape index (κ1) is 8.55. The third kappa shape index (κ3) is 1.94. The number of carbonyl (C=O) groups is 1. The minimum atomic E-state index is -0.886. The van der Waals surface area contributed by atoms with Crippen LogP contribution in [0.25, 0.3) is 0 Å². The number of aromatic nitrogens is 1. The van der Waals surface area contributed by atoms with E-state index >= 15 is 0 Å². The number of carboxylic acid groups (broad SMARTS) is 1. The van der Waals surface area contributed by atoms with Gasteiger partial charge in [-0.15, -0.1) is 0 Å². The molecule has 0 aliphatic heterocycles. The van der Waals surface area contributed by atoms with Gasteiger partial charge in [0.25, 0.3) is 0 Å². The van der Waals surface area contributed by atoms with Crippen LogP contribution in [0.1, 0.15) is 15.2 Å². The van der Waals surface area contributed by atoms with Gasteiger partial charge in [-0.05, 0) is 17.8 Å². The highest BCUT2D eigenvalue weighted by Crippen LogP contribution is 2.18. The van der Waals surface area contributed by atoms with Gasteiger partial charge in [-0.3, -0.25) is 0 Å². The smallest absolute Gasteiger partial charge is 0.338 e. The molecule has 0 saturated heterocycles. The van der Waals surface area contributed by atoms with Crippen molar-refractivity contribution < 1.29 is 9.90 Å². The van der Waals surface area contributed by atoms with E-state index in [1.54, 1.807) is 11.8 Å². The minimum Gasteiger partial charge on any atom is -0.478 e. The van der Waals surface area contributed by atoms with Gasteiger partial charge in [0.05, 0.1) is 11.8 Å². The van der Waals surface area contributed by atoms with Crippen molar-refractivity contribution in [2.24, 2.45) is 0 Å². The second-order valence-corrected chi connectivity index (χ2v) is 3.65. The maximum absolute atomic E-state index is 10.5. The molecule has 0 amide bonds. The summed E-state index contributed by atoms with van der Waals surface area (Å²) < 4.78 is 3.81. The van der Waals surface area contributed by atoms with Crippen molar-refractivity contribution in [2.75, 3.05) is 6.26 Å². The molecule has 60 valence electrons. The van der Waals surface area contributed by atoms with Gasteiger partial charge >= 0.3 is 5.97 Å². The molecule has 0 saturated carbocycles. The van der Waals surface area contributed by atoms with E-state index in [4.69, 9.17) is 5.11 Å². The topological polar surface area (TPSA) is 50.2 Å². The molecule has 0 atom stereocenters. The number of nitrogens with zero attached hydrogens (tertiary/aromatic N) is 1. The zero-order valence-electron chi connectivity index (χ0n) is 5.90. The van der Waals surface area contributed by atoms with Gasteiger partial charge in [0.1, 0.15) is 0 Å². The average Bonchev–Trinajstić information content (AvgIpc) is 2.36. The van der Waals surface area contributed by atoms with Crippen LogP contribution in [-0.2, 0) is 5.75 Å². The predicted octanol–water partition coefficient (Wildman–Crippen LogP) is 1.70. The predicted molar refractivity (Wildman–Crippen MR) is 46.3 cm³/mol. The molecule has 1 N–H and O–H groups in total. The first-order chi connectivity index (χ1) is 5.25. The van der Waals surface area contributed by atoms with Crippen LogP contribution < -0.4 is 0 Å². The normalized spacial score (nSPS) is 9.91. The van der Waals surface area contributed by atoms with Crippen LogP contribution in [0.4, 0.5) is 0 Å². The van der Waals surface area contributed by atoms with Crippen LogP contribution >= 0.6 is 23.3 Å². The van der Waals surface area contributed by atoms with Crippen molar-refractivity contribution in [3.8, 4) is 0 Å². The van der Waals surface area contributed by atoms with Crippen molar-refractivity contribution in [2.45, 2.75) is 5.75 Å². The summed E-state index contributed by atoms with van der Waals surface area (Å²) in [4.78, 5) is 11.4. The maximum Gasteiger partial charge on any atom is 0.338 e. The standard InChI is InChI=1S/C6H7NO2S2/c1-10-3-5-4(6(8)9)2-7-11-5/h2H,3H2,1H3,(H,8,9). The number of aromatic carboxylic acids is 1. The Morgan fingerprint density at radius 1 is 1.91 bits per heavy atom. The largest absolute Gasteiger partial charge is 0.478 e. The lowest BCUT2D eigenvalue weighted by Gasteiger charge is -1.92. The molecular weight excluding hydrogens is 182 g/mol. The van der Waals surface area contributed by atoms with Crippen LogP contribution in [0.5, 0.6) is 0 Å². The number of hydrogen-bond acceptors (Lipinski definition) is 4. The summed E-state index contributed by atoms with van der Waals surface area (Å²) in [7, 11) is 0. The Balaban J connectivity index is 2.87. The van der Waals surface area contributed by atoms with Crippen LogP contribution in [0.2, 0.25) is 0 Å². The molecule has 1 aromatic rings. The fraction of sp³-hybridized carbons (Fsp3) is 0.333. The summed E-state index contributed by atoms with van der Waals surface area (Å²) in [5.41, 5.74) is 0.337. The lowest BCUT2D eigenvalue weighted by molar-refractivity contribution is 0.0696. The van der Waals surface area contributed by atoms with E-state index in [9.17, 15) is 4.79 Å². The van der Waals surface area contributed by atoms with Gasteiger partial charge in [-0.1, -0.05) is 0 Å². The van der Waals surface area contributed by atoms with Gasteiger partial charge in [0, 0.05) is 10.6 Å². The summed E-state index contributed by atoms with van der Waals surface area (Å²) in [5, 5.41) is 8.64. The summed E-state index contributed by atoms with van der Waals surface area (Å²) >= 11 is 2.85. The zero-order chi connectivity index (χ0) is 8.27. The quantitative estimate of drug-likeness (QED) is 0.786. The average molecular weight is 189 g/mol. The summed E-state index contributed by atoms with van der Waals surface area (Å²) in [5.74, 6) is -0.158. The van der Waals surface area contributed by atoms with Gasteiger partial charge in [0.15, 0.2) is 0 Å². The molecule has 0 fully saturated rings. The Bertz CT molecular complexity index is 259. The molecule has 0 radical (unpaired) electrons. The highest BCUT2D eigenvalue weighted by molar-refractivity contribution is 7.97. The Morgan fingerprint density at radius 3 is 3.18 bits per heavy atom. The molecule has 3 nitrogen and oxygen atoms in total. The molecule has 0 aromatic carbocycles. The molecular formula is C6H7NO2S2. The molecule has 1 aromatic heterocycles. The lowest BCUT2D eigenvalue weighted by Crippen LogP contribution is -1.96. The first-order valence-electron chi connectivity index (χ1n) is 2.91. The van der Waals surface area contributed by atoms with Gasteiger partial charge in [-0.2, -0.15) is 16.1 Å². The van der Waals surface area contributed by atoms with Crippen LogP contribution in [-0.4, -0.2) is 21.7 Å². The lowest BCUT2D eigenvalue weighted by atomic mass is 10.3. The first-order valence-corrected chi connectivity index (χ1v) is 5.08. The monoisotopic (exact) mass is 189 g/mol. The molecule has 11 heavy (non-hydrogen) atoms. The van der Waals surface area contributed by atoms with Crippen molar-refractivity contribution in [3.63, 3.8) is 0 Å². The Kier molecular flexibility index (Phi) is 2.90. The second kappa shape index (κ2) is 3.73. The summed E-state index contributed by atoms with van der Waals surface area (Å²) in [6, 6.07) is 0. The fourth-order valence-corrected chi connectivity index (χ4v) is 2.18. The van der Waals surface area contributed by atoms with Crippen molar-refractivity contribution in [3.05, 3.63) is 16.6 Å². The molecule has 1 heterocycles. The van der Waals surface area contributed by atoms with Gasteiger partial charge in [-0.25, -0.2) is 4.79 Å². The van der Waals surface area contributed by atoms with Gasteiger partial charge < -0.3 is 5.11 Å². The second-order valence-electron chi connectivity index (χ2n) is 1.90. The van der Waals surface area contributed by atoms with E-state index in [1.807, 2.05) is 6.26 Å². The molecule has 0 aliphatic rings. The van der Waals surface area contributed by atoms with Crippen LogP contribution in [0.3, 0.4) is 0 Å². The highest BCUT2D eigenvalue weighted by Gasteiger charge is 2.11. The van der Waals surface area contributed by atoms with E-state index in [0.29, 0.717) is 5.56 Å². The van der Waals surface area contributed by atoms with Crippen molar-refractivity contribution >= 4 is 29.3 Å². The summed E-state index contributed by atoms with van der Waals surface area (Å²) in [6.07, 6.45) is 3.34. The molecule has 0 unspecified atom stereocenters. The van der Waals surface area contributed by atoms with Gasteiger partial charge in [0.2, 0.25) is 0 Å². The Hall–Kier alpha value is -0.550. The molecule has 5 heteroatoms. The van der Waals surface area contributed by atoms with E-state index in [2.05, 4.69) is 4.37 Å². The SMILES string of the molecule is CSCc1sncc1C(=O)O. The minimum absolute atomic E-state index is 0.337. The van der Waals surface area contributed by atoms with Crippen molar-refractivity contribution in [1.82, 2.24) is 4.37 Å². The van der Waals surface area contributed by atoms with Crippen LogP contribution in [0, 0.1) is 0 Å². The van der Waals surface area contributed by atoms with E-state index < -0.39 is 5.97 Å². The number of hydrogen-bond donors (Lipinski definition) is 1. The van der Waals surface area contributed by atoms with E-state index in [0.717, 1.165) is 10.6 Å². The van der Waals surface area contributed by atoms with Crippen LogP contribution in [0.15, 0.2) is 6.20 Å². The maximum atomic E-state index is 10.5. The van der Waals surface area contributed by atoms with E-state index in [1.165, 1.54) is 17.7 Å². The van der Waals surface area contributed by atoms with E-state index in [-0.39, 0.29) is 0 Å². The Labute approximate surface area is 72.6 Å².